The number of rotatable bonds is 14. The van der Waals surface area contributed by atoms with Gasteiger partial charge in [-0.2, -0.15) is 0 Å². The second kappa shape index (κ2) is 13.2. The van der Waals surface area contributed by atoms with Gasteiger partial charge in [0.15, 0.2) is 0 Å². The number of H-pyrrole nitrogens is 1. The Hall–Kier alpha value is -3.48. The molecule has 0 aromatic carbocycles. The van der Waals surface area contributed by atoms with Crippen molar-refractivity contribution in [2.45, 2.75) is 70.6 Å². The van der Waals surface area contributed by atoms with Gasteiger partial charge >= 0.3 is 5.97 Å². The molecule has 0 bridgehead atoms. The average Bonchev–Trinajstić information content (AvgIpc) is 3.27. The lowest BCUT2D eigenvalue weighted by molar-refractivity contribution is -0.141. The van der Waals surface area contributed by atoms with Crippen LogP contribution in [-0.4, -0.2) is 68.8 Å². The molecule has 33 heavy (non-hydrogen) atoms. The van der Waals surface area contributed by atoms with Gasteiger partial charge in [0.1, 0.15) is 18.1 Å². The maximum Gasteiger partial charge on any atom is 0.325 e. The molecule has 9 N–H and O–H groups in total. The van der Waals surface area contributed by atoms with Gasteiger partial charge < -0.3 is 37.5 Å². The summed E-state index contributed by atoms with van der Waals surface area (Å²) in [5, 5.41) is 16.6. The van der Waals surface area contributed by atoms with Crippen LogP contribution in [0.3, 0.4) is 0 Å². The minimum absolute atomic E-state index is 0.0171. The molecule has 0 saturated carbocycles. The van der Waals surface area contributed by atoms with Crippen LogP contribution in [0.4, 0.5) is 0 Å². The van der Waals surface area contributed by atoms with Crippen LogP contribution in [0.5, 0.6) is 0 Å². The van der Waals surface area contributed by atoms with Crippen LogP contribution < -0.4 is 27.4 Å². The number of carboxylic acid groups (broad SMARTS) is 1. The monoisotopic (exact) mass is 467 g/mol. The highest BCUT2D eigenvalue weighted by molar-refractivity contribution is 5.94. The number of aromatic amines is 1. The Bertz CT molecular complexity index is 829. The highest BCUT2D eigenvalue weighted by Crippen LogP contribution is 2.10. The normalized spacial score (nSPS) is 15.4. The first-order chi connectivity index (χ1) is 15.5. The first-order valence-corrected chi connectivity index (χ1v) is 10.6. The van der Waals surface area contributed by atoms with Gasteiger partial charge in [-0.15, -0.1) is 0 Å². The molecule has 5 atom stereocenters. The molecular formula is C20H33N7O6. The highest BCUT2D eigenvalue weighted by atomic mass is 16.4. The van der Waals surface area contributed by atoms with Gasteiger partial charge in [-0.25, -0.2) is 4.98 Å². The number of aromatic nitrogens is 2. The van der Waals surface area contributed by atoms with Crippen molar-refractivity contribution in [1.29, 1.82) is 0 Å². The largest absolute Gasteiger partial charge is 0.480 e. The van der Waals surface area contributed by atoms with E-state index in [0.29, 0.717) is 12.1 Å². The van der Waals surface area contributed by atoms with E-state index in [1.165, 1.54) is 19.4 Å². The molecule has 0 aliphatic rings. The molecule has 184 valence electrons. The molecule has 0 aliphatic heterocycles. The molecule has 0 fully saturated rings. The number of nitrogens with zero attached hydrogens (tertiary/aromatic N) is 1. The van der Waals surface area contributed by atoms with Gasteiger partial charge in [-0.1, -0.05) is 20.3 Å². The van der Waals surface area contributed by atoms with Crippen LogP contribution in [0.25, 0.3) is 0 Å². The number of hydrogen-bond donors (Lipinski definition) is 7. The van der Waals surface area contributed by atoms with E-state index in [9.17, 15) is 24.0 Å². The van der Waals surface area contributed by atoms with E-state index >= 15 is 0 Å². The molecule has 13 nitrogen and oxygen atoms in total. The minimum Gasteiger partial charge on any atom is -0.480 e. The predicted molar refractivity (Wildman–Crippen MR) is 117 cm³/mol. The van der Waals surface area contributed by atoms with Crippen molar-refractivity contribution in [3.63, 3.8) is 0 Å². The highest BCUT2D eigenvalue weighted by Gasteiger charge is 2.32. The van der Waals surface area contributed by atoms with Crippen molar-refractivity contribution in [3.05, 3.63) is 18.2 Å². The van der Waals surface area contributed by atoms with Crippen LogP contribution in [0.1, 0.15) is 45.7 Å². The molecule has 1 heterocycles. The van der Waals surface area contributed by atoms with Crippen LogP contribution in [0, 0.1) is 5.92 Å². The standard InChI is InChI=1S/C20H33N7O6/c1-4-10(2)16(27-17(29)13(21)5-6-15(22)28)19(31)26-14(7-12-8-23-9-24-12)18(30)25-11(3)20(32)33/h8-11,13-14,16H,4-7,21H2,1-3H3,(H2,22,28)(H,23,24)(H,25,30)(H,26,31)(H,27,29)(H,32,33). The van der Waals surface area contributed by atoms with E-state index in [1.54, 1.807) is 6.92 Å². The third kappa shape index (κ3) is 9.27. The van der Waals surface area contributed by atoms with E-state index in [1.807, 2.05) is 6.92 Å². The van der Waals surface area contributed by atoms with E-state index in [4.69, 9.17) is 16.6 Å². The zero-order chi connectivity index (χ0) is 25.1. The number of carbonyl (C=O) groups excluding carboxylic acids is 4. The summed E-state index contributed by atoms with van der Waals surface area (Å²) in [4.78, 5) is 67.0. The maximum absolute atomic E-state index is 13.1. The molecular weight excluding hydrogens is 434 g/mol. The Morgan fingerprint density at radius 2 is 1.76 bits per heavy atom. The lowest BCUT2D eigenvalue weighted by Gasteiger charge is -2.27. The summed E-state index contributed by atoms with van der Waals surface area (Å²) in [6, 6.07) is -4.37. The lowest BCUT2D eigenvalue weighted by atomic mass is 9.97. The Morgan fingerprint density at radius 1 is 1.09 bits per heavy atom. The van der Waals surface area contributed by atoms with E-state index in [2.05, 4.69) is 25.9 Å². The number of primary amides is 1. The lowest BCUT2D eigenvalue weighted by Crippen LogP contribution is -2.59. The van der Waals surface area contributed by atoms with Crippen molar-refractivity contribution < 1.29 is 29.1 Å². The van der Waals surface area contributed by atoms with Gasteiger partial charge in [-0.05, 0) is 19.3 Å². The number of nitrogens with two attached hydrogens (primary N) is 2. The summed E-state index contributed by atoms with van der Waals surface area (Å²) in [6.07, 6.45) is 3.36. The number of hydrogen-bond acceptors (Lipinski definition) is 7. The summed E-state index contributed by atoms with van der Waals surface area (Å²) >= 11 is 0. The van der Waals surface area contributed by atoms with Crippen molar-refractivity contribution in [3.8, 4) is 0 Å². The van der Waals surface area contributed by atoms with Gasteiger partial charge in [0, 0.05) is 24.7 Å². The van der Waals surface area contributed by atoms with E-state index in [-0.39, 0.29) is 25.2 Å². The second-order valence-corrected chi connectivity index (χ2v) is 7.89. The van der Waals surface area contributed by atoms with Gasteiger partial charge in [-0.3, -0.25) is 24.0 Å². The van der Waals surface area contributed by atoms with E-state index < -0.39 is 53.8 Å². The molecule has 0 aliphatic carbocycles. The predicted octanol–water partition coefficient (Wildman–Crippen LogP) is -1.85. The average molecular weight is 468 g/mol. The van der Waals surface area contributed by atoms with Crippen molar-refractivity contribution >= 4 is 29.6 Å². The van der Waals surface area contributed by atoms with Crippen molar-refractivity contribution in [2.24, 2.45) is 17.4 Å². The quantitative estimate of drug-likeness (QED) is 0.164. The molecule has 0 spiro atoms. The number of nitrogens with one attached hydrogen (secondary N) is 4. The van der Waals surface area contributed by atoms with Crippen LogP contribution in [-0.2, 0) is 30.4 Å². The fourth-order valence-electron chi connectivity index (χ4n) is 2.85. The zero-order valence-corrected chi connectivity index (χ0v) is 19.0. The molecule has 0 radical (unpaired) electrons. The zero-order valence-electron chi connectivity index (χ0n) is 19.0. The molecule has 1 rings (SSSR count). The van der Waals surface area contributed by atoms with Crippen LogP contribution in [0.2, 0.25) is 0 Å². The van der Waals surface area contributed by atoms with Crippen molar-refractivity contribution in [2.75, 3.05) is 0 Å². The van der Waals surface area contributed by atoms with Crippen LogP contribution >= 0.6 is 0 Å². The smallest absolute Gasteiger partial charge is 0.325 e. The molecule has 0 saturated heterocycles. The van der Waals surface area contributed by atoms with Gasteiger partial charge in [0.2, 0.25) is 23.6 Å². The maximum atomic E-state index is 13.1. The Kier molecular flexibility index (Phi) is 11.0. The van der Waals surface area contributed by atoms with Gasteiger partial charge in [0.25, 0.3) is 0 Å². The Labute approximate surface area is 191 Å². The molecule has 1 aromatic rings. The van der Waals surface area contributed by atoms with Crippen LogP contribution in [0.15, 0.2) is 12.5 Å². The summed E-state index contributed by atoms with van der Waals surface area (Å²) in [7, 11) is 0. The summed E-state index contributed by atoms with van der Waals surface area (Å²) in [5.74, 6) is -4.12. The third-order valence-electron chi connectivity index (χ3n) is 5.17. The summed E-state index contributed by atoms with van der Waals surface area (Å²) < 4.78 is 0. The Morgan fingerprint density at radius 3 is 2.27 bits per heavy atom. The molecule has 4 amide bonds. The number of amides is 4. The SMILES string of the molecule is CCC(C)C(NC(=O)C(N)CCC(N)=O)C(=O)NC(Cc1cnc[nH]1)C(=O)NC(C)C(=O)O. The number of imidazole rings is 1. The summed E-state index contributed by atoms with van der Waals surface area (Å²) in [6.45, 7) is 4.87. The number of carbonyl (C=O) groups is 5. The minimum atomic E-state index is -1.23. The fourth-order valence-corrected chi connectivity index (χ4v) is 2.85. The molecule has 13 heteroatoms. The molecule has 5 unspecified atom stereocenters. The fraction of sp³-hybridized carbons (Fsp3) is 0.600. The second-order valence-electron chi connectivity index (χ2n) is 7.89. The van der Waals surface area contributed by atoms with Gasteiger partial charge in [0.05, 0.1) is 12.4 Å². The first-order valence-electron chi connectivity index (χ1n) is 10.6. The first kappa shape index (κ1) is 27.6. The molecule has 1 aromatic heterocycles. The third-order valence-corrected chi connectivity index (χ3v) is 5.17. The topological polar surface area (TPSA) is 222 Å². The Balaban J connectivity index is 2.99. The van der Waals surface area contributed by atoms with Crippen molar-refractivity contribution in [1.82, 2.24) is 25.9 Å². The number of aliphatic carboxylic acids is 1. The summed E-state index contributed by atoms with van der Waals surface area (Å²) in [5.41, 5.74) is 11.4. The van der Waals surface area contributed by atoms with E-state index in [0.717, 1.165) is 0 Å². The number of carboxylic acids is 1.